The van der Waals surface area contributed by atoms with E-state index in [0.29, 0.717) is 11.8 Å². The summed E-state index contributed by atoms with van der Waals surface area (Å²) in [6, 6.07) is 8.26. The van der Waals surface area contributed by atoms with E-state index in [1.807, 2.05) is 23.9 Å². The van der Waals surface area contributed by atoms with Crippen molar-refractivity contribution in [3.63, 3.8) is 0 Å². The van der Waals surface area contributed by atoms with Crippen LogP contribution in [-0.4, -0.2) is 18.9 Å². The van der Waals surface area contributed by atoms with E-state index in [2.05, 4.69) is 12.1 Å². The Morgan fingerprint density at radius 2 is 2.00 bits per heavy atom. The van der Waals surface area contributed by atoms with Gasteiger partial charge in [0.1, 0.15) is 5.75 Å². The molecule has 1 aliphatic carbocycles. The van der Waals surface area contributed by atoms with Gasteiger partial charge in [-0.25, -0.2) is 0 Å². The van der Waals surface area contributed by atoms with E-state index in [1.54, 1.807) is 7.11 Å². The number of hydrogen-bond acceptors (Lipinski definition) is 3. The fraction of sp³-hybridized carbons (Fsp3) is 0.600. The first-order valence-electron chi connectivity index (χ1n) is 6.83. The van der Waals surface area contributed by atoms with E-state index in [0.717, 1.165) is 11.0 Å². The minimum absolute atomic E-state index is 0.365. The molecule has 1 saturated carbocycles. The molecule has 2 N–H and O–H groups in total. The van der Waals surface area contributed by atoms with E-state index >= 15 is 0 Å². The molecule has 1 atom stereocenters. The summed E-state index contributed by atoms with van der Waals surface area (Å²) < 4.78 is 5.45. The molecule has 2 rings (SSSR count). The van der Waals surface area contributed by atoms with Crippen LogP contribution in [0.1, 0.15) is 42.9 Å². The molecule has 0 bridgehead atoms. The zero-order valence-corrected chi connectivity index (χ0v) is 11.9. The predicted octanol–water partition coefficient (Wildman–Crippen LogP) is 3.76. The molecule has 0 saturated heterocycles. The lowest BCUT2D eigenvalue weighted by molar-refractivity contribution is 0.409. The van der Waals surface area contributed by atoms with E-state index < -0.39 is 0 Å². The summed E-state index contributed by atoms with van der Waals surface area (Å²) in [5.74, 6) is 0.969. The van der Waals surface area contributed by atoms with Crippen LogP contribution in [0.3, 0.4) is 0 Å². The normalized spacial score (nSPS) is 18.6. The molecule has 1 aromatic rings. The summed E-state index contributed by atoms with van der Waals surface area (Å²) in [6.07, 6.45) is 6.84. The number of ether oxygens (including phenoxy) is 1. The Labute approximate surface area is 114 Å². The monoisotopic (exact) mass is 265 g/mol. The molecule has 0 heterocycles. The van der Waals surface area contributed by atoms with Crippen LogP contribution in [0.2, 0.25) is 0 Å². The van der Waals surface area contributed by atoms with Gasteiger partial charge in [0, 0.05) is 22.6 Å². The Bertz CT molecular complexity index is 363. The van der Waals surface area contributed by atoms with Crippen LogP contribution < -0.4 is 10.5 Å². The second-order valence-electron chi connectivity index (χ2n) is 4.86. The summed E-state index contributed by atoms with van der Waals surface area (Å²) in [5.41, 5.74) is 7.22. The summed E-state index contributed by atoms with van der Waals surface area (Å²) in [5, 5.41) is 1.14. The Morgan fingerprint density at radius 1 is 1.28 bits per heavy atom. The minimum Gasteiger partial charge on any atom is -0.496 e. The third-order valence-corrected chi connectivity index (χ3v) is 5.24. The fourth-order valence-corrected chi connectivity index (χ4v) is 4.14. The summed E-state index contributed by atoms with van der Waals surface area (Å²) >= 11 is 2.04. The van der Waals surface area contributed by atoms with E-state index in [-0.39, 0.29) is 0 Å². The highest BCUT2D eigenvalue weighted by Crippen LogP contribution is 2.40. The first kappa shape index (κ1) is 13.8. The van der Waals surface area contributed by atoms with Crippen molar-refractivity contribution >= 4 is 11.8 Å². The highest BCUT2D eigenvalue weighted by molar-refractivity contribution is 8.00. The van der Waals surface area contributed by atoms with Crippen molar-refractivity contribution in [2.75, 3.05) is 13.7 Å². The van der Waals surface area contributed by atoms with Crippen molar-refractivity contribution in [2.24, 2.45) is 5.73 Å². The van der Waals surface area contributed by atoms with Crippen LogP contribution in [0.15, 0.2) is 24.3 Å². The summed E-state index contributed by atoms with van der Waals surface area (Å²) in [4.78, 5) is 0. The standard InChI is InChI=1S/C15H23NOS/c1-17-14-10-6-5-9-13(14)15(11-16)18-12-7-3-2-4-8-12/h5-6,9-10,12,15H,2-4,7-8,11,16H2,1H3. The Hall–Kier alpha value is -0.670. The van der Waals surface area contributed by atoms with Crippen molar-refractivity contribution in [1.29, 1.82) is 0 Å². The minimum atomic E-state index is 0.365. The van der Waals surface area contributed by atoms with Gasteiger partial charge in [0.2, 0.25) is 0 Å². The van der Waals surface area contributed by atoms with Crippen molar-refractivity contribution in [3.8, 4) is 5.75 Å². The lowest BCUT2D eigenvalue weighted by Gasteiger charge is -2.26. The number of rotatable bonds is 5. The molecule has 100 valence electrons. The van der Waals surface area contributed by atoms with E-state index in [1.165, 1.54) is 37.7 Å². The molecule has 2 nitrogen and oxygen atoms in total. The molecule has 3 heteroatoms. The average Bonchev–Trinajstić information content (AvgIpc) is 2.46. The van der Waals surface area contributed by atoms with Gasteiger partial charge in [-0.2, -0.15) is 0 Å². The number of methoxy groups -OCH3 is 1. The van der Waals surface area contributed by atoms with E-state index in [4.69, 9.17) is 10.5 Å². The van der Waals surface area contributed by atoms with Crippen LogP contribution in [0.4, 0.5) is 0 Å². The van der Waals surface area contributed by atoms with Crippen molar-refractivity contribution in [2.45, 2.75) is 42.6 Å². The van der Waals surface area contributed by atoms with Crippen LogP contribution in [0.25, 0.3) is 0 Å². The van der Waals surface area contributed by atoms with Crippen LogP contribution >= 0.6 is 11.8 Å². The predicted molar refractivity (Wildman–Crippen MR) is 79.3 cm³/mol. The highest BCUT2D eigenvalue weighted by Gasteiger charge is 2.21. The average molecular weight is 265 g/mol. The van der Waals surface area contributed by atoms with Crippen LogP contribution in [0.5, 0.6) is 5.75 Å². The molecule has 18 heavy (non-hydrogen) atoms. The quantitative estimate of drug-likeness (QED) is 0.880. The van der Waals surface area contributed by atoms with Gasteiger partial charge in [-0.05, 0) is 18.9 Å². The molecule has 1 unspecified atom stereocenters. The maximum absolute atomic E-state index is 5.97. The van der Waals surface area contributed by atoms with Gasteiger partial charge in [-0.3, -0.25) is 0 Å². The Balaban J connectivity index is 2.07. The summed E-state index contributed by atoms with van der Waals surface area (Å²) in [7, 11) is 1.73. The number of benzene rings is 1. The maximum Gasteiger partial charge on any atom is 0.123 e. The van der Waals surface area contributed by atoms with Gasteiger partial charge >= 0.3 is 0 Å². The van der Waals surface area contributed by atoms with Crippen molar-refractivity contribution < 1.29 is 4.74 Å². The molecule has 1 fully saturated rings. The molecule has 0 radical (unpaired) electrons. The first-order valence-corrected chi connectivity index (χ1v) is 7.78. The molecule has 0 spiro atoms. The van der Waals surface area contributed by atoms with Gasteiger partial charge < -0.3 is 10.5 Å². The Morgan fingerprint density at radius 3 is 2.67 bits per heavy atom. The lowest BCUT2D eigenvalue weighted by atomic mass is 10.0. The third kappa shape index (κ3) is 3.42. The zero-order chi connectivity index (χ0) is 12.8. The zero-order valence-electron chi connectivity index (χ0n) is 11.1. The van der Waals surface area contributed by atoms with Crippen molar-refractivity contribution in [3.05, 3.63) is 29.8 Å². The Kier molecular flexibility index (Phi) is 5.39. The number of para-hydroxylation sites is 1. The molecule has 0 aliphatic heterocycles. The molecule has 0 amide bonds. The van der Waals surface area contributed by atoms with Gasteiger partial charge in [0.25, 0.3) is 0 Å². The van der Waals surface area contributed by atoms with Gasteiger partial charge in [0.05, 0.1) is 7.11 Å². The number of nitrogens with two attached hydrogens (primary N) is 1. The first-order chi connectivity index (χ1) is 8.85. The van der Waals surface area contributed by atoms with Gasteiger partial charge in [-0.1, -0.05) is 37.5 Å². The van der Waals surface area contributed by atoms with Gasteiger partial charge in [0.15, 0.2) is 0 Å². The maximum atomic E-state index is 5.97. The third-order valence-electron chi connectivity index (χ3n) is 3.61. The molecular weight excluding hydrogens is 242 g/mol. The highest BCUT2D eigenvalue weighted by atomic mass is 32.2. The molecule has 0 aromatic heterocycles. The molecule has 1 aromatic carbocycles. The fourth-order valence-electron chi connectivity index (χ4n) is 2.62. The SMILES string of the molecule is COc1ccccc1C(CN)SC1CCCCC1. The van der Waals surface area contributed by atoms with Crippen LogP contribution in [-0.2, 0) is 0 Å². The summed E-state index contributed by atoms with van der Waals surface area (Å²) in [6.45, 7) is 0.682. The van der Waals surface area contributed by atoms with Gasteiger partial charge in [-0.15, -0.1) is 11.8 Å². The number of hydrogen-bond donors (Lipinski definition) is 1. The van der Waals surface area contributed by atoms with Crippen molar-refractivity contribution in [1.82, 2.24) is 0 Å². The lowest BCUT2D eigenvalue weighted by Crippen LogP contribution is -2.16. The second-order valence-corrected chi connectivity index (χ2v) is 6.37. The largest absolute Gasteiger partial charge is 0.496 e. The van der Waals surface area contributed by atoms with E-state index in [9.17, 15) is 0 Å². The number of thioether (sulfide) groups is 1. The molecular formula is C15H23NOS. The van der Waals surface area contributed by atoms with Crippen LogP contribution in [0, 0.1) is 0 Å². The topological polar surface area (TPSA) is 35.2 Å². The second kappa shape index (κ2) is 7.05. The smallest absolute Gasteiger partial charge is 0.123 e. The molecule has 1 aliphatic rings.